The van der Waals surface area contributed by atoms with Crippen LogP contribution >= 0.6 is 11.3 Å². The van der Waals surface area contributed by atoms with E-state index in [1.807, 2.05) is 11.3 Å². The van der Waals surface area contributed by atoms with Gasteiger partial charge in [0.25, 0.3) is 0 Å². The minimum Gasteiger partial charge on any atom is -0.320 e. The molecule has 0 radical (unpaired) electrons. The second kappa shape index (κ2) is 4.87. The highest BCUT2D eigenvalue weighted by atomic mass is 32.1. The molecule has 2 heteroatoms. The molecule has 0 aliphatic heterocycles. The summed E-state index contributed by atoms with van der Waals surface area (Å²) in [4.78, 5) is 2.63. The fourth-order valence-corrected chi connectivity index (χ4v) is 3.83. The van der Waals surface area contributed by atoms with Gasteiger partial charge in [-0.25, -0.2) is 0 Å². The predicted octanol–water partition coefficient (Wildman–Crippen LogP) is 4.34. The van der Waals surface area contributed by atoms with Gasteiger partial charge in [-0.2, -0.15) is 0 Å². The third-order valence-electron chi connectivity index (χ3n) is 3.41. The van der Waals surface area contributed by atoms with Crippen molar-refractivity contribution in [3.8, 4) is 0 Å². The number of hydrogen-bond donors (Lipinski definition) is 1. The summed E-state index contributed by atoms with van der Waals surface area (Å²) in [6.07, 6.45) is 0. The molecule has 1 unspecified atom stereocenters. The normalized spacial score (nSPS) is 12.8. The van der Waals surface area contributed by atoms with Crippen molar-refractivity contribution in [2.45, 2.75) is 40.7 Å². The van der Waals surface area contributed by atoms with E-state index in [1.165, 1.54) is 37.6 Å². The van der Waals surface area contributed by atoms with Crippen molar-refractivity contribution in [2.75, 3.05) is 0 Å². The second-order valence-electron chi connectivity index (χ2n) is 5.19. The van der Waals surface area contributed by atoms with E-state index in [-0.39, 0.29) is 6.04 Å². The van der Waals surface area contributed by atoms with Gasteiger partial charge in [0.15, 0.2) is 0 Å². The highest BCUT2D eigenvalue weighted by Gasteiger charge is 2.18. The van der Waals surface area contributed by atoms with Gasteiger partial charge in [-0.1, -0.05) is 17.7 Å². The third kappa shape index (κ3) is 2.36. The molecule has 0 saturated heterocycles. The molecule has 96 valence electrons. The first-order valence-corrected chi connectivity index (χ1v) is 7.12. The molecule has 1 atom stereocenters. The standard InChI is InChI=1S/C16H21NS/c1-9-6-10(2)14(11(3)7-9)15(17)16-12(4)8-13(5)18-16/h6-8,15H,17H2,1-5H3. The van der Waals surface area contributed by atoms with E-state index in [0.717, 1.165) is 0 Å². The monoisotopic (exact) mass is 259 g/mol. The Morgan fingerprint density at radius 3 is 1.89 bits per heavy atom. The summed E-state index contributed by atoms with van der Waals surface area (Å²) in [6, 6.07) is 6.67. The number of benzene rings is 1. The Morgan fingerprint density at radius 1 is 0.889 bits per heavy atom. The van der Waals surface area contributed by atoms with Crippen LogP contribution in [0, 0.1) is 34.6 Å². The zero-order chi connectivity index (χ0) is 13.4. The van der Waals surface area contributed by atoms with Crippen molar-refractivity contribution in [1.82, 2.24) is 0 Å². The van der Waals surface area contributed by atoms with Crippen LogP contribution in [0.1, 0.15) is 43.6 Å². The van der Waals surface area contributed by atoms with E-state index in [9.17, 15) is 0 Å². The van der Waals surface area contributed by atoms with Crippen molar-refractivity contribution < 1.29 is 0 Å². The molecule has 0 spiro atoms. The Labute approximate surface area is 114 Å². The van der Waals surface area contributed by atoms with Crippen molar-refractivity contribution in [3.63, 3.8) is 0 Å². The van der Waals surface area contributed by atoms with E-state index in [4.69, 9.17) is 5.73 Å². The molecule has 0 amide bonds. The number of hydrogen-bond acceptors (Lipinski definition) is 2. The van der Waals surface area contributed by atoms with Crippen LogP contribution in [0.2, 0.25) is 0 Å². The minimum absolute atomic E-state index is 0.00398. The van der Waals surface area contributed by atoms with Gasteiger partial charge in [0.1, 0.15) is 0 Å². The molecule has 1 aromatic heterocycles. The average Bonchev–Trinajstić information content (AvgIpc) is 2.56. The zero-order valence-corrected chi connectivity index (χ0v) is 12.6. The van der Waals surface area contributed by atoms with E-state index >= 15 is 0 Å². The molecule has 0 fully saturated rings. The summed E-state index contributed by atoms with van der Waals surface area (Å²) in [6.45, 7) is 10.7. The van der Waals surface area contributed by atoms with Crippen molar-refractivity contribution in [3.05, 3.63) is 55.8 Å². The first-order valence-electron chi connectivity index (χ1n) is 6.30. The SMILES string of the molecule is Cc1cc(C)c(C(N)c2sc(C)cc2C)c(C)c1. The molecule has 0 bridgehead atoms. The number of thiophene rings is 1. The van der Waals surface area contributed by atoms with Gasteiger partial charge in [0.2, 0.25) is 0 Å². The van der Waals surface area contributed by atoms with Gasteiger partial charge >= 0.3 is 0 Å². The molecule has 1 heterocycles. The predicted molar refractivity (Wildman–Crippen MR) is 80.5 cm³/mol. The van der Waals surface area contributed by atoms with Gasteiger partial charge < -0.3 is 5.73 Å². The maximum absolute atomic E-state index is 6.49. The van der Waals surface area contributed by atoms with Crippen LogP contribution in [0.25, 0.3) is 0 Å². The average molecular weight is 259 g/mol. The summed E-state index contributed by atoms with van der Waals surface area (Å²) < 4.78 is 0. The fourth-order valence-electron chi connectivity index (χ4n) is 2.78. The number of rotatable bonds is 2. The second-order valence-corrected chi connectivity index (χ2v) is 6.48. The Kier molecular flexibility index (Phi) is 3.60. The lowest BCUT2D eigenvalue weighted by molar-refractivity contribution is 0.863. The molecule has 18 heavy (non-hydrogen) atoms. The van der Waals surface area contributed by atoms with Gasteiger partial charge in [-0.3, -0.25) is 0 Å². The van der Waals surface area contributed by atoms with E-state index < -0.39 is 0 Å². The first-order chi connectivity index (χ1) is 8.40. The molecule has 1 nitrogen and oxygen atoms in total. The smallest absolute Gasteiger partial charge is 0.0653 e. The molecule has 2 aromatic rings. The summed E-state index contributed by atoms with van der Waals surface area (Å²) >= 11 is 1.81. The first kappa shape index (κ1) is 13.3. The summed E-state index contributed by atoms with van der Waals surface area (Å²) in [5.74, 6) is 0. The van der Waals surface area contributed by atoms with Gasteiger partial charge in [0.05, 0.1) is 6.04 Å². The highest BCUT2D eigenvalue weighted by molar-refractivity contribution is 7.12. The Hall–Kier alpha value is -1.12. The zero-order valence-electron chi connectivity index (χ0n) is 11.8. The summed E-state index contributed by atoms with van der Waals surface area (Å²) in [7, 11) is 0. The van der Waals surface area contributed by atoms with E-state index in [1.54, 1.807) is 0 Å². The largest absolute Gasteiger partial charge is 0.320 e. The van der Waals surface area contributed by atoms with Crippen LogP contribution in [-0.2, 0) is 0 Å². The highest BCUT2D eigenvalue weighted by Crippen LogP contribution is 2.33. The van der Waals surface area contributed by atoms with E-state index in [0.29, 0.717) is 0 Å². The van der Waals surface area contributed by atoms with Crippen LogP contribution in [0.3, 0.4) is 0 Å². The lowest BCUT2D eigenvalue weighted by Gasteiger charge is -2.18. The van der Waals surface area contributed by atoms with E-state index in [2.05, 4.69) is 52.8 Å². The molecule has 1 aromatic carbocycles. The molecule has 0 aliphatic rings. The van der Waals surface area contributed by atoms with Crippen molar-refractivity contribution in [1.29, 1.82) is 0 Å². The lowest BCUT2D eigenvalue weighted by Crippen LogP contribution is -2.14. The Balaban J connectivity index is 2.52. The van der Waals surface area contributed by atoms with Crippen molar-refractivity contribution in [2.24, 2.45) is 5.73 Å². The Bertz CT molecular complexity index is 558. The summed E-state index contributed by atoms with van der Waals surface area (Å²) in [5.41, 5.74) is 13.0. The van der Waals surface area contributed by atoms with Crippen LogP contribution in [0.5, 0.6) is 0 Å². The van der Waals surface area contributed by atoms with Gasteiger partial charge in [-0.05, 0) is 62.9 Å². The maximum atomic E-state index is 6.49. The number of nitrogens with two attached hydrogens (primary N) is 1. The molecule has 2 rings (SSSR count). The number of aryl methyl sites for hydroxylation is 5. The lowest BCUT2D eigenvalue weighted by atomic mass is 9.93. The molecular weight excluding hydrogens is 238 g/mol. The van der Waals surface area contributed by atoms with Crippen LogP contribution in [0.15, 0.2) is 18.2 Å². The van der Waals surface area contributed by atoms with Crippen LogP contribution < -0.4 is 5.73 Å². The maximum Gasteiger partial charge on any atom is 0.0653 e. The van der Waals surface area contributed by atoms with Crippen molar-refractivity contribution >= 4 is 11.3 Å². The molecular formula is C16H21NS. The Morgan fingerprint density at radius 2 is 1.44 bits per heavy atom. The summed E-state index contributed by atoms with van der Waals surface area (Å²) in [5, 5.41) is 0. The fraction of sp³-hybridized carbons (Fsp3) is 0.375. The van der Waals surface area contributed by atoms with Crippen LogP contribution in [0.4, 0.5) is 0 Å². The molecule has 2 N–H and O–H groups in total. The third-order valence-corrected chi connectivity index (χ3v) is 4.65. The minimum atomic E-state index is 0.00398. The van der Waals surface area contributed by atoms with Gasteiger partial charge in [0, 0.05) is 9.75 Å². The topological polar surface area (TPSA) is 26.0 Å². The van der Waals surface area contributed by atoms with Crippen LogP contribution in [-0.4, -0.2) is 0 Å². The molecule has 0 saturated carbocycles. The molecule has 0 aliphatic carbocycles. The van der Waals surface area contributed by atoms with Gasteiger partial charge in [-0.15, -0.1) is 11.3 Å². The quantitative estimate of drug-likeness (QED) is 0.853.